The van der Waals surface area contributed by atoms with Crippen LogP contribution in [-0.4, -0.2) is 12.0 Å². The average Bonchev–Trinajstić information content (AvgIpc) is 2.44. The lowest BCUT2D eigenvalue weighted by Gasteiger charge is -2.15. The Morgan fingerprint density at radius 3 is 2.50 bits per heavy atom. The van der Waals surface area contributed by atoms with E-state index in [2.05, 4.69) is 27.9 Å². The summed E-state index contributed by atoms with van der Waals surface area (Å²) in [5.41, 5.74) is 0.149. The molecule has 0 saturated carbocycles. The molecule has 2 rings (SSSR count). The number of anilines is 1. The van der Waals surface area contributed by atoms with E-state index >= 15 is 0 Å². The van der Waals surface area contributed by atoms with Crippen molar-refractivity contribution < 1.29 is 13.9 Å². The molecule has 0 aliphatic heterocycles. The molecule has 1 N–H and O–H groups in total. The fourth-order valence-corrected chi connectivity index (χ4v) is 1.93. The molecule has 1 atom stereocenters. The van der Waals surface area contributed by atoms with Crippen molar-refractivity contribution in [2.45, 2.75) is 13.0 Å². The Balaban J connectivity index is 1.99. The van der Waals surface area contributed by atoms with Crippen LogP contribution in [0.2, 0.25) is 0 Å². The minimum atomic E-state index is -0.713. The smallest absolute Gasteiger partial charge is 0.265 e. The van der Waals surface area contributed by atoms with Gasteiger partial charge in [-0.3, -0.25) is 4.79 Å². The first-order valence-electron chi connectivity index (χ1n) is 6.04. The molecule has 0 unspecified atom stereocenters. The molecule has 104 valence electrons. The highest BCUT2D eigenvalue weighted by Crippen LogP contribution is 2.17. The number of nitrogens with one attached hydrogen (secondary N) is 1. The molecule has 1 amide bonds. The maximum absolute atomic E-state index is 13.4. The van der Waals surface area contributed by atoms with Crippen molar-refractivity contribution in [3.8, 4) is 5.75 Å². The number of carbonyl (C=O) groups is 1. The number of ether oxygens (including phenoxy) is 1. The van der Waals surface area contributed by atoms with Gasteiger partial charge in [-0.1, -0.05) is 12.1 Å². The Labute approximate surface area is 130 Å². The number of amides is 1. The van der Waals surface area contributed by atoms with Gasteiger partial charge in [0.1, 0.15) is 11.6 Å². The van der Waals surface area contributed by atoms with E-state index < -0.39 is 17.8 Å². The molecular weight excluding hydrogens is 372 g/mol. The zero-order valence-corrected chi connectivity index (χ0v) is 12.9. The topological polar surface area (TPSA) is 38.3 Å². The second-order valence-corrected chi connectivity index (χ2v) is 5.43. The van der Waals surface area contributed by atoms with Crippen LogP contribution in [0.15, 0.2) is 48.5 Å². The van der Waals surface area contributed by atoms with Gasteiger partial charge in [0.2, 0.25) is 0 Å². The Kier molecular flexibility index (Phi) is 4.94. The molecule has 0 bridgehead atoms. The highest BCUT2D eigenvalue weighted by molar-refractivity contribution is 14.1. The van der Waals surface area contributed by atoms with Crippen molar-refractivity contribution in [3.63, 3.8) is 0 Å². The molecule has 0 fully saturated rings. The van der Waals surface area contributed by atoms with Gasteiger partial charge >= 0.3 is 0 Å². The quantitative estimate of drug-likeness (QED) is 0.813. The van der Waals surface area contributed by atoms with E-state index in [0.717, 1.165) is 3.57 Å². The summed E-state index contributed by atoms with van der Waals surface area (Å²) < 4.78 is 20.0. The van der Waals surface area contributed by atoms with Crippen LogP contribution in [0.4, 0.5) is 10.1 Å². The van der Waals surface area contributed by atoms with Crippen LogP contribution in [0.1, 0.15) is 6.92 Å². The second kappa shape index (κ2) is 6.69. The molecule has 0 aromatic heterocycles. The zero-order valence-electron chi connectivity index (χ0n) is 10.8. The summed E-state index contributed by atoms with van der Waals surface area (Å²) >= 11 is 2.19. The summed E-state index contributed by atoms with van der Waals surface area (Å²) in [6.07, 6.45) is -0.713. The van der Waals surface area contributed by atoms with Crippen LogP contribution >= 0.6 is 22.6 Å². The first-order valence-corrected chi connectivity index (χ1v) is 7.12. The first-order chi connectivity index (χ1) is 9.56. The summed E-state index contributed by atoms with van der Waals surface area (Å²) in [5, 5.41) is 2.50. The minimum absolute atomic E-state index is 0.149. The molecule has 0 radical (unpaired) electrons. The van der Waals surface area contributed by atoms with E-state index in [0.29, 0.717) is 5.75 Å². The highest BCUT2D eigenvalue weighted by atomic mass is 127. The van der Waals surface area contributed by atoms with Gasteiger partial charge in [-0.15, -0.1) is 0 Å². The fraction of sp³-hybridized carbons (Fsp3) is 0.133. The van der Waals surface area contributed by atoms with Crippen LogP contribution in [0, 0.1) is 9.39 Å². The van der Waals surface area contributed by atoms with Gasteiger partial charge in [0.05, 0.1) is 5.69 Å². The molecule has 0 aliphatic rings. The van der Waals surface area contributed by atoms with Crippen molar-refractivity contribution in [2.75, 3.05) is 5.32 Å². The lowest BCUT2D eigenvalue weighted by Crippen LogP contribution is -2.30. The van der Waals surface area contributed by atoms with Crippen molar-refractivity contribution in [1.29, 1.82) is 0 Å². The van der Waals surface area contributed by atoms with Gasteiger partial charge in [0.25, 0.3) is 5.91 Å². The fourth-order valence-electron chi connectivity index (χ4n) is 1.57. The number of benzene rings is 2. The molecule has 3 nitrogen and oxygen atoms in total. The Hall–Kier alpha value is -1.63. The zero-order chi connectivity index (χ0) is 14.5. The Morgan fingerprint density at radius 1 is 1.20 bits per heavy atom. The summed E-state index contributed by atoms with van der Waals surface area (Å²) in [6.45, 7) is 1.62. The standard InChI is InChI=1S/C15H13FINO2/c1-10(20-12-8-6-11(17)7-9-12)15(19)18-14-5-3-2-4-13(14)16/h2-10H,1H3,(H,18,19)/t10-/m0/s1. The van der Waals surface area contributed by atoms with Crippen LogP contribution in [0.5, 0.6) is 5.75 Å². The third-order valence-corrected chi connectivity index (χ3v) is 3.35. The summed E-state index contributed by atoms with van der Waals surface area (Å²) in [7, 11) is 0. The third kappa shape index (κ3) is 3.93. The third-order valence-electron chi connectivity index (χ3n) is 2.63. The van der Waals surface area contributed by atoms with Gasteiger partial charge in [0.15, 0.2) is 6.10 Å². The van der Waals surface area contributed by atoms with E-state index in [9.17, 15) is 9.18 Å². The number of carbonyl (C=O) groups excluding carboxylic acids is 1. The molecule has 20 heavy (non-hydrogen) atoms. The van der Waals surface area contributed by atoms with Gasteiger partial charge in [-0.2, -0.15) is 0 Å². The number of hydrogen-bond acceptors (Lipinski definition) is 2. The van der Waals surface area contributed by atoms with Gasteiger partial charge in [-0.25, -0.2) is 4.39 Å². The van der Waals surface area contributed by atoms with Crippen LogP contribution in [0.25, 0.3) is 0 Å². The predicted molar refractivity (Wildman–Crippen MR) is 84.3 cm³/mol. The molecule has 0 spiro atoms. The van der Waals surface area contributed by atoms with E-state index in [1.54, 1.807) is 31.2 Å². The molecule has 0 aliphatic carbocycles. The first kappa shape index (κ1) is 14.8. The predicted octanol–water partition coefficient (Wildman–Crippen LogP) is 3.84. The van der Waals surface area contributed by atoms with Gasteiger partial charge < -0.3 is 10.1 Å². The van der Waals surface area contributed by atoms with E-state index in [1.165, 1.54) is 12.1 Å². The van der Waals surface area contributed by atoms with E-state index in [1.807, 2.05) is 12.1 Å². The molecule has 5 heteroatoms. The van der Waals surface area contributed by atoms with Crippen molar-refractivity contribution >= 4 is 34.2 Å². The maximum Gasteiger partial charge on any atom is 0.265 e. The molecule has 2 aromatic carbocycles. The SMILES string of the molecule is C[C@H](Oc1ccc(I)cc1)C(=O)Nc1ccccc1F. The number of para-hydroxylation sites is 1. The second-order valence-electron chi connectivity index (χ2n) is 4.18. The summed E-state index contributed by atoms with van der Waals surface area (Å²) in [4.78, 5) is 11.9. The summed E-state index contributed by atoms with van der Waals surface area (Å²) in [6, 6.07) is 13.4. The number of halogens is 2. The summed E-state index contributed by atoms with van der Waals surface area (Å²) in [5.74, 6) is -0.266. The molecular formula is C15H13FINO2. The largest absolute Gasteiger partial charge is 0.481 e. The molecule has 0 heterocycles. The van der Waals surface area contributed by atoms with E-state index in [-0.39, 0.29) is 5.69 Å². The maximum atomic E-state index is 13.4. The molecule has 0 saturated heterocycles. The monoisotopic (exact) mass is 385 g/mol. The van der Waals surface area contributed by atoms with Crippen molar-refractivity contribution in [2.24, 2.45) is 0 Å². The van der Waals surface area contributed by atoms with Gasteiger partial charge in [-0.05, 0) is 65.9 Å². The lowest BCUT2D eigenvalue weighted by atomic mass is 10.3. The highest BCUT2D eigenvalue weighted by Gasteiger charge is 2.16. The number of hydrogen-bond donors (Lipinski definition) is 1. The Morgan fingerprint density at radius 2 is 1.85 bits per heavy atom. The van der Waals surface area contributed by atoms with Crippen LogP contribution in [-0.2, 0) is 4.79 Å². The van der Waals surface area contributed by atoms with E-state index in [4.69, 9.17) is 4.74 Å². The minimum Gasteiger partial charge on any atom is -0.481 e. The van der Waals surface area contributed by atoms with Gasteiger partial charge in [0, 0.05) is 3.57 Å². The van der Waals surface area contributed by atoms with Crippen molar-refractivity contribution in [3.05, 3.63) is 57.9 Å². The lowest BCUT2D eigenvalue weighted by molar-refractivity contribution is -0.122. The normalized spacial score (nSPS) is 11.8. The van der Waals surface area contributed by atoms with Crippen LogP contribution < -0.4 is 10.1 Å². The average molecular weight is 385 g/mol. The Bertz CT molecular complexity index is 601. The van der Waals surface area contributed by atoms with Crippen LogP contribution in [0.3, 0.4) is 0 Å². The van der Waals surface area contributed by atoms with Crippen molar-refractivity contribution in [1.82, 2.24) is 0 Å². The molecule has 2 aromatic rings. The number of rotatable bonds is 4.